The van der Waals surface area contributed by atoms with Crippen molar-refractivity contribution in [3.05, 3.63) is 38.1 Å². The molecule has 0 saturated carbocycles. The molecular formula is C11H11BrFNO4. The number of rotatable bonds is 5. The zero-order chi connectivity index (χ0) is 13.9. The Balaban J connectivity index is 3.40. The SMILES string of the molecule is CCCC(C(=O)O)c1cc(Br)c(F)cc1[N+](=O)[O-]. The minimum absolute atomic E-state index is 0.0163. The van der Waals surface area contributed by atoms with Crippen molar-refractivity contribution in [2.75, 3.05) is 0 Å². The van der Waals surface area contributed by atoms with Gasteiger partial charge < -0.3 is 5.11 Å². The summed E-state index contributed by atoms with van der Waals surface area (Å²) in [5.41, 5.74) is -0.487. The molecule has 1 aromatic rings. The van der Waals surface area contributed by atoms with Gasteiger partial charge in [0.15, 0.2) is 0 Å². The van der Waals surface area contributed by atoms with Gasteiger partial charge in [-0.15, -0.1) is 0 Å². The molecule has 0 saturated heterocycles. The Hall–Kier alpha value is -1.50. The fourth-order valence-corrected chi connectivity index (χ4v) is 2.05. The zero-order valence-corrected chi connectivity index (χ0v) is 11.1. The maximum Gasteiger partial charge on any atom is 0.311 e. The Morgan fingerprint density at radius 1 is 1.61 bits per heavy atom. The molecule has 0 heterocycles. The van der Waals surface area contributed by atoms with Crippen LogP contribution in [0.25, 0.3) is 0 Å². The molecule has 0 aliphatic rings. The van der Waals surface area contributed by atoms with Crippen LogP contribution in [0.5, 0.6) is 0 Å². The second-order valence-electron chi connectivity index (χ2n) is 3.76. The number of nitro groups is 1. The van der Waals surface area contributed by atoms with E-state index in [-0.39, 0.29) is 16.5 Å². The van der Waals surface area contributed by atoms with Gasteiger partial charge in [-0.25, -0.2) is 4.39 Å². The maximum atomic E-state index is 13.3. The van der Waals surface area contributed by atoms with Crippen molar-refractivity contribution in [1.82, 2.24) is 0 Å². The van der Waals surface area contributed by atoms with Crippen LogP contribution in [0.1, 0.15) is 31.2 Å². The Morgan fingerprint density at radius 3 is 2.67 bits per heavy atom. The molecule has 1 rings (SSSR count). The van der Waals surface area contributed by atoms with Gasteiger partial charge in [0, 0.05) is 5.56 Å². The number of aliphatic carboxylic acids is 1. The summed E-state index contributed by atoms with van der Waals surface area (Å²) < 4.78 is 13.3. The second kappa shape index (κ2) is 5.90. The normalized spacial score (nSPS) is 12.2. The standard InChI is InChI=1S/C11H11BrFNO4/c1-2-3-6(11(15)16)7-4-8(12)9(13)5-10(7)14(17)18/h4-6H,2-3H2,1H3,(H,15,16). The van der Waals surface area contributed by atoms with Gasteiger partial charge in [-0.2, -0.15) is 0 Å². The lowest BCUT2D eigenvalue weighted by Crippen LogP contribution is -2.13. The first kappa shape index (κ1) is 14.6. The van der Waals surface area contributed by atoms with E-state index in [1.807, 2.05) is 0 Å². The van der Waals surface area contributed by atoms with Gasteiger partial charge in [0.1, 0.15) is 5.82 Å². The summed E-state index contributed by atoms with van der Waals surface area (Å²) in [5.74, 6) is -2.95. The highest BCUT2D eigenvalue weighted by Gasteiger charge is 2.28. The summed E-state index contributed by atoms with van der Waals surface area (Å²) in [6.07, 6.45) is 0.817. The minimum Gasteiger partial charge on any atom is -0.481 e. The van der Waals surface area contributed by atoms with Gasteiger partial charge in [-0.05, 0) is 28.4 Å². The van der Waals surface area contributed by atoms with E-state index in [2.05, 4.69) is 15.9 Å². The Kier molecular flexibility index (Phi) is 4.77. The Labute approximate surface area is 111 Å². The third kappa shape index (κ3) is 3.04. The summed E-state index contributed by atoms with van der Waals surface area (Å²) in [6.45, 7) is 1.78. The van der Waals surface area contributed by atoms with E-state index in [0.29, 0.717) is 6.42 Å². The van der Waals surface area contributed by atoms with Crippen molar-refractivity contribution in [3.63, 3.8) is 0 Å². The molecule has 0 aliphatic carbocycles. The van der Waals surface area contributed by atoms with Crippen LogP contribution < -0.4 is 0 Å². The molecule has 0 amide bonds. The fourth-order valence-electron chi connectivity index (χ4n) is 1.69. The summed E-state index contributed by atoms with van der Waals surface area (Å²) in [5, 5.41) is 19.9. The molecule has 1 unspecified atom stereocenters. The van der Waals surface area contributed by atoms with Crippen LogP contribution in [0, 0.1) is 15.9 Å². The topological polar surface area (TPSA) is 80.4 Å². The minimum atomic E-state index is -1.15. The van der Waals surface area contributed by atoms with Gasteiger partial charge in [-0.1, -0.05) is 13.3 Å². The van der Waals surface area contributed by atoms with E-state index in [9.17, 15) is 19.3 Å². The molecule has 1 aromatic carbocycles. The molecular weight excluding hydrogens is 309 g/mol. The van der Waals surface area contributed by atoms with E-state index >= 15 is 0 Å². The number of nitrogens with zero attached hydrogens (tertiary/aromatic N) is 1. The first-order valence-corrected chi connectivity index (χ1v) is 6.03. The molecule has 0 aromatic heterocycles. The highest BCUT2D eigenvalue weighted by atomic mass is 79.9. The van der Waals surface area contributed by atoms with E-state index in [4.69, 9.17) is 5.11 Å². The van der Waals surface area contributed by atoms with Crippen molar-refractivity contribution in [2.45, 2.75) is 25.7 Å². The van der Waals surface area contributed by atoms with Gasteiger partial charge in [-0.3, -0.25) is 14.9 Å². The lowest BCUT2D eigenvalue weighted by atomic mass is 9.93. The first-order valence-electron chi connectivity index (χ1n) is 5.24. The number of benzene rings is 1. The Bertz CT molecular complexity index is 492. The maximum absolute atomic E-state index is 13.3. The number of halogens is 2. The monoisotopic (exact) mass is 319 g/mol. The third-order valence-corrected chi connectivity index (χ3v) is 3.12. The van der Waals surface area contributed by atoms with E-state index in [1.54, 1.807) is 6.92 Å². The third-order valence-electron chi connectivity index (χ3n) is 2.52. The van der Waals surface area contributed by atoms with Gasteiger partial charge in [0.2, 0.25) is 0 Å². The average molecular weight is 320 g/mol. The van der Waals surface area contributed by atoms with Crippen LogP contribution in [0.2, 0.25) is 0 Å². The molecule has 1 N–H and O–H groups in total. The lowest BCUT2D eigenvalue weighted by molar-refractivity contribution is -0.385. The predicted octanol–water partition coefficient (Wildman–Crippen LogP) is 3.46. The number of nitro benzene ring substituents is 1. The van der Waals surface area contributed by atoms with E-state index < -0.39 is 28.3 Å². The van der Waals surface area contributed by atoms with Crippen molar-refractivity contribution < 1.29 is 19.2 Å². The number of hydrogen-bond acceptors (Lipinski definition) is 3. The molecule has 98 valence electrons. The van der Waals surface area contributed by atoms with Crippen LogP contribution in [0.15, 0.2) is 16.6 Å². The molecule has 0 spiro atoms. The number of carbonyl (C=O) groups is 1. The zero-order valence-electron chi connectivity index (χ0n) is 9.52. The number of carboxylic acids is 1. The molecule has 0 radical (unpaired) electrons. The number of hydrogen-bond donors (Lipinski definition) is 1. The molecule has 7 heteroatoms. The van der Waals surface area contributed by atoms with Crippen LogP contribution in [0.3, 0.4) is 0 Å². The van der Waals surface area contributed by atoms with Crippen LogP contribution in [-0.4, -0.2) is 16.0 Å². The van der Waals surface area contributed by atoms with Gasteiger partial charge in [0.25, 0.3) is 5.69 Å². The quantitative estimate of drug-likeness (QED) is 0.665. The first-order chi connectivity index (χ1) is 8.38. The molecule has 1 atom stereocenters. The van der Waals surface area contributed by atoms with Crippen molar-refractivity contribution in [2.24, 2.45) is 0 Å². The summed E-state index contributed by atoms with van der Waals surface area (Å²) in [6, 6.07) is 1.91. The van der Waals surface area contributed by atoms with Crippen LogP contribution >= 0.6 is 15.9 Å². The fraction of sp³-hybridized carbons (Fsp3) is 0.364. The van der Waals surface area contributed by atoms with Crippen molar-refractivity contribution in [3.8, 4) is 0 Å². The Morgan fingerprint density at radius 2 is 2.22 bits per heavy atom. The molecule has 5 nitrogen and oxygen atoms in total. The summed E-state index contributed by atoms with van der Waals surface area (Å²) in [4.78, 5) is 21.2. The largest absolute Gasteiger partial charge is 0.481 e. The van der Waals surface area contributed by atoms with Crippen molar-refractivity contribution in [1.29, 1.82) is 0 Å². The lowest BCUT2D eigenvalue weighted by Gasteiger charge is -2.12. The number of carboxylic acid groups (broad SMARTS) is 1. The smallest absolute Gasteiger partial charge is 0.311 e. The second-order valence-corrected chi connectivity index (χ2v) is 4.62. The molecule has 0 fully saturated rings. The highest BCUT2D eigenvalue weighted by molar-refractivity contribution is 9.10. The highest BCUT2D eigenvalue weighted by Crippen LogP contribution is 2.34. The summed E-state index contributed by atoms with van der Waals surface area (Å²) in [7, 11) is 0. The van der Waals surface area contributed by atoms with Gasteiger partial charge >= 0.3 is 5.97 Å². The molecule has 18 heavy (non-hydrogen) atoms. The molecule has 0 bridgehead atoms. The molecule has 0 aliphatic heterocycles. The van der Waals surface area contributed by atoms with Crippen LogP contribution in [-0.2, 0) is 4.79 Å². The van der Waals surface area contributed by atoms with E-state index in [1.165, 1.54) is 6.07 Å². The van der Waals surface area contributed by atoms with E-state index in [0.717, 1.165) is 6.07 Å². The van der Waals surface area contributed by atoms with Gasteiger partial charge in [0.05, 0.1) is 21.4 Å². The predicted molar refractivity (Wildman–Crippen MR) is 66.0 cm³/mol. The van der Waals surface area contributed by atoms with Crippen molar-refractivity contribution >= 4 is 27.6 Å². The van der Waals surface area contributed by atoms with Crippen LogP contribution in [0.4, 0.5) is 10.1 Å². The average Bonchev–Trinajstić information content (AvgIpc) is 2.28. The summed E-state index contributed by atoms with van der Waals surface area (Å²) >= 11 is 2.91.